The van der Waals surface area contributed by atoms with Crippen molar-refractivity contribution in [2.75, 3.05) is 27.7 Å². The summed E-state index contributed by atoms with van der Waals surface area (Å²) in [6, 6.07) is 1.34. The van der Waals surface area contributed by atoms with Crippen molar-refractivity contribution in [1.29, 1.82) is 0 Å². The quantitative estimate of drug-likeness (QED) is 0.751. The Morgan fingerprint density at radius 3 is 2.38 bits per heavy atom. The Kier molecular flexibility index (Phi) is 6.32. The Bertz CT molecular complexity index is 177. The fourth-order valence-corrected chi connectivity index (χ4v) is 2.40. The zero-order valence-electron chi connectivity index (χ0n) is 11.3. The van der Waals surface area contributed by atoms with Crippen LogP contribution in [0.3, 0.4) is 0 Å². The van der Waals surface area contributed by atoms with Gasteiger partial charge in [-0.15, -0.1) is 0 Å². The number of methoxy groups -OCH3 is 1. The summed E-state index contributed by atoms with van der Waals surface area (Å²) in [7, 11) is 6.10. The van der Waals surface area contributed by atoms with Crippen LogP contribution >= 0.6 is 0 Å². The fraction of sp³-hybridized carbons (Fsp3) is 1.00. The van der Waals surface area contributed by atoms with Crippen molar-refractivity contribution in [1.82, 2.24) is 10.2 Å². The van der Waals surface area contributed by atoms with Gasteiger partial charge in [0.05, 0.1) is 6.10 Å². The highest BCUT2D eigenvalue weighted by atomic mass is 16.5. The van der Waals surface area contributed by atoms with Crippen molar-refractivity contribution in [3.63, 3.8) is 0 Å². The minimum atomic E-state index is 0.509. The summed E-state index contributed by atoms with van der Waals surface area (Å²) >= 11 is 0. The third kappa shape index (κ3) is 5.28. The summed E-state index contributed by atoms with van der Waals surface area (Å²) in [5.41, 5.74) is 0. The van der Waals surface area contributed by atoms with Gasteiger partial charge >= 0.3 is 0 Å². The lowest BCUT2D eigenvalue weighted by molar-refractivity contribution is 0.0611. The van der Waals surface area contributed by atoms with E-state index in [1.165, 1.54) is 38.6 Å². The molecule has 0 aromatic rings. The van der Waals surface area contributed by atoms with Gasteiger partial charge in [0.2, 0.25) is 0 Å². The molecule has 0 amide bonds. The lowest BCUT2D eigenvalue weighted by Crippen LogP contribution is -2.41. The minimum Gasteiger partial charge on any atom is -0.381 e. The first-order valence-corrected chi connectivity index (χ1v) is 6.55. The maximum Gasteiger partial charge on any atom is 0.0572 e. The number of ether oxygens (including phenoxy) is 1. The number of nitrogens with one attached hydrogen (secondary N) is 1. The van der Waals surface area contributed by atoms with Gasteiger partial charge < -0.3 is 15.0 Å². The van der Waals surface area contributed by atoms with Crippen molar-refractivity contribution in [2.24, 2.45) is 0 Å². The molecule has 0 aromatic carbocycles. The molecule has 0 aromatic heterocycles. The molecule has 1 aliphatic rings. The van der Waals surface area contributed by atoms with Crippen molar-refractivity contribution >= 4 is 0 Å². The summed E-state index contributed by atoms with van der Waals surface area (Å²) in [4.78, 5) is 2.25. The molecule has 16 heavy (non-hydrogen) atoms. The van der Waals surface area contributed by atoms with Gasteiger partial charge in [0.15, 0.2) is 0 Å². The van der Waals surface area contributed by atoms with Gasteiger partial charge in [0.25, 0.3) is 0 Å². The molecule has 0 saturated heterocycles. The maximum absolute atomic E-state index is 5.39. The molecule has 1 aliphatic carbocycles. The normalized spacial score (nSPS) is 28.3. The molecule has 0 spiro atoms. The van der Waals surface area contributed by atoms with Crippen LogP contribution in [-0.4, -0.2) is 50.8 Å². The van der Waals surface area contributed by atoms with Crippen molar-refractivity contribution in [3.05, 3.63) is 0 Å². The monoisotopic (exact) mass is 228 g/mol. The van der Waals surface area contributed by atoms with Gasteiger partial charge in [-0.25, -0.2) is 0 Å². The Labute approximate surface area is 101 Å². The van der Waals surface area contributed by atoms with Crippen LogP contribution in [0.2, 0.25) is 0 Å². The average Bonchev–Trinajstić information content (AvgIpc) is 2.27. The second-order valence-corrected chi connectivity index (χ2v) is 5.37. The van der Waals surface area contributed by atoms with Gasteiger partial charge in [0, 0.05) is 19.2 Å². The predicted molar refractivity (Wildman–Crippen MR) is 68.8 cm³/mol. The molecule has 3 heteroatoms. The molecule has 1 unspecified atom stereocenters. The van der Waals surface area contributed by atoms with E-state index in [4.69, 9.17) is 4.74 Å². The van der Waals surface area contributed by atoms with Gasteiger partial charge in [-0.1, -0.05) is 0 Å². The van der Waals surface area contributed by atoms with Crippen LogP contribution in [0.25, 0.3) is 0 Å². The van der Waals surface area contributed by atoms with Crippen LogP contribution in [0.15, 0.2) is 0 Å². The minimum absolute atomic E-state index is 0.509. The first-order chi connectivity index (χ1) is 7.61. The lowest BCUT2D eigenvalue weighted by Gasteiger charge is -2.30. The van der Waals surface area contributed by atoms with E-state index in [-0.39, 0.29) is 0 Å². The molecule has 0 radical (unpaired) electrons. The van der Waals surface area contributed by atoms with E-state index in [1.807, 2.05) is 7.11 Å². The molecular weight excluding hydrogens is 200 g/mol. The van der Waals surface area contributed by atoms with E-state index in [0.29, 0.717) is 18.2 Å². The standard InChI is InChI=1S/C13H28N2O/c1-11(9-10-15(2)3)14-12-5-7-13(16-4)8-6-12/h11-14H,5-10H2,1-4H3. The van der Waals surface area contributed by atoms with Crippen LogP contribution in [0.1, 0.15) is 39.0 Å². The summed E-state index contributed by atoms with van der Waals surface area (Å²) in [6.07, 6.45) is 6.71. The highest BCUT2D eigenvalue weighted by Gasteiger charge is 2.21. The van der Waals surface area contributed by atoms with E-state index in [0.717, 1.165) is 0 Å². The summed E-state index contributed by atoms with van der Waals surface area (Å²) in [5.74, 6) is 0. The third-order valence-electron chi connectivity index (χ3n) is 3.54. The molecule has 0 heterocycles. The topological polar surface area (TPSA) is 24.5 Å². The second kappa shape index (κ2) is 7.25. The van der Waals surface area contributed by atoms with E-state index >= 15 is 0 Å². The fourth-order valence-electron chi connectivity index (χ4n) is 2.40. The van der Waals surface area contributed by atoms with E-state index in [9.17, 15) is 0 Å². The summed E-state index contributed by atoms with van der Waals surface area (Å²) < 4.78 is 5.39. The van der Waals surface area contributed by atoms with Crippen molar-refractivity contribution < 1.29 is 4.74 Å². The number of hydrogen-bond acceptors (Lipinski definition) is 3. The molecule has 1 saturated carbocycles. The highest BCUT2D eigenvalue weighted by molar-refractivity contribution is 4.79. The Balaban J connectivity index is 2.13. The van der Waals surface area contributed by atoms with Gasteiger partial charge in [-0.3, -0.25) is 0 Å². The molecular formula is C13H28N2O. The Morgan fingerprint density at radius 1 is 1.25 bits per heavy atom. The summed E-state index contributed by atoms with van der Waals surface area (Å²) in [5, 5.41) is 3.74. The average molecular weight is 228 g/mol. The summed E-state index contributed by atoms with van der Waals surface area (Å²) in [6.45, 7) is 3.47. The molecule has 3 nitrogen and oxygen atoms in total. The largest absolute Gasteiger partial charge is 0.381 e. The molecule has 1 N–H and O–H groups in total. The maximum atomic E-state index is 5.39. The Hall–Kier alpha value is -0.120. The second-order valence-electron chi connectivity index (χ2n) is 5.37. The molecule has 1 atom stereocenters. The van der Waals surface area contributed by atoms with E-state index in [1.54, 1.807) is 0 Å². The molecule has 96 valence electrons. The molecule has 0 aliphatic heterocycles. The van der Waals surface area contributed by atoms with Crippen molar-refractivity contribution in [2.45, 2.75) is 57.2 Å². The molecule has 1 rings (SSSR count). The lowest BCUT2D eigenvalue weighted by atomic mass is 9.92. The van der Waals surface area contributed by atoms with Crippen LogP contribution < -0.4 is 5.32 Å². The zero-order chi connectivity index (χ0) is 12.0. The first-order valence-electron chi connectivity index (χ1n) is 6.55. The smallest absolute Gasteiger partial charge is 0.0572 e. The number of hydrogen-bond donors (Lipinski definition) is 1. The van der Waals surface area contributed by atoms with Crippen LogP contribution in [0.4, 0.5) is 0 Å². The SMILES string of the molecule is COC1CCC(NC(C)CCN(C)C)CC1. The van der Waals surface area contributed by atoms with E-state index < -0.39 is 0 Å². The number of nitrogens with zero attached hydrogens (tertiary/aromatic N) is 1. The van der Waals surface area contributed by atoms with Crippen molar-refractivity contribution in [3.8, 4) is 0 Å². The van der Waals surface area contributed by atoms with Gasteiger partial charge in [-0.05, 0) is 59.7 Å². The van der Waals surface area contributed by atoms with Crippen LogP contribution in [0, 0.1) is 0 Å². The number of rotatable bonds is 6. The predicted octanol–water partition coefficient (Wildman–Crippen LogP) is 1.87. The van der Waals surface area contributed by atoms with Gasteiger partial charge in [0.1, 0.15) is 0 Å². The molecule has 1 fully saturated rings. The van der Waals surface area contributed by atoms with Crippen LogP contribution in [-0.2, 0) is 4.74 Å². The highest BCUT2D eigenvalue weighted by Crippen LogP contribution is 2.21. The Morgan fingerprint density at radius 2 is 1.88 bits per heavy atom. The van der Waals surface area contributed by atoms with Crippen LogP contribution in [0.5, 0.6) is 0 Å². The van der Waals surface area contributed by atoms with Gasteiger partial charge in [-0.2, -0.15) is 0 Å². The molecule has 0 bridgehead atoms. The first kappa shape index (κ1) is 13.9. The zero-order valence-corrected chi connectivity index (χ0v) is 11.3. The third-order valence-corrected chi connectivity index (χ3v) is 3.54. The van der Waals surface area contributed by atoms with E-state index in [2.05, 4.69) is 31.2 Å².